The molecule has 0 spiro atoms. The number of pyridine rings is 2. The minimum atomic E-state index is -0.200. The molecule has 0 fully saturated rings. The van der Waals surface area contributed by atoms with E-state index < -0.39 is 0 Å². The van der Waals surface area contributed by atoms with Gasteiger partial charge >= 0.3 is 0 Å². The van der Waals surface area contributed by atoms with Crippen molar-refractivity contribution in [3.63, 3.8) is 0 Å². The van der Waals surface area contributed by atoms with Crippen LogP contribution in [-0.4, -0.2) is 31.4 Å². The number of nitrogens with zero attached hydrogens (tertiary/aromatic N) is 4. The third kappa shape index (κ3) is 3.14. The van der Waals surface area contributed by atoms with E-state index in [0.29, 0.717) is 12.2 Å². The van der Waals surface area contributed by atoms with Crippen LogP contribution in [0.1, 0.15) is 30.6 Å². The Morgan fingerprint density at radius 1 is 1.33 bits per heavy atom. The topological polar surface area (TPSA) is 70.7 Å². The van der Waals surface area contributed by atoms with Gasteiger partial charge in [0.2, 0.25) is 0 Å². The Morgan fingerprint density at radius 2 is 2.17 bits per heavy atom. The molecule has 6 nitrogen and oxygen atoms in total. The molecular formula is C18H20N4O2. The van der Waals surface area contributed by atoms with Crippen LogP contribution in [0.5, 0.6) is 5.75 Å². The molecule has 124 valence electrons. The van der Waals surface area contributed by atoms with Crippen LogP contribution in [0.25, 0.3) is 5.65 Å². The smallest absolute Gasteiger partial charge is 0.258 e. The van der Waals surface area contributed by atoms with Crippen LogP contribution in [0.3, 0.4) is 0 Å². The second kappa shape index (κ2) is 6.80. The molecular weight excluding hydrogens is 304 g/mol. The molecule has 24 heavy (non-hydrogen) atoms. The van der Waals surface area contributed by atoms with E-state index in [0.717, 1.165) is 12.0 Å². The van der Waals surface area contributed by atoms with Crippen molar-refractivity contribution >= 4 is 5.65 Å². The quantitative estimate of drug-likeness (QED) is 0.780. The molecule has 0 aliphatic rings. The maximum absolute atomic E-state index is 12.2. The Kier molecular flexibility index (Phi) is 4.57. The molecule has 0 amide bonds. The number of aromatic nitrogens is 3. The fourth-order valence-corrected chi connectivity index (χ4v) is 2.98. The summed E-state index contributed by atoms with van der Waals surface area (Å²) in [7, 11) is 2.00. The van der Waals surface area contributed by atoms with Crippen molar-refractivity contribution in [3.05, 3.63) is 70.5 Å². The molecule has 0 radical (unpaired) electrons. The van der Waals surface area contributed by atoms with Crippen LogP contribution in [-0.2, 0) is 6.54 Å². The standard InChI is InChI=1S/C18H20N4O2/c1-3-15(13-6-4-8-19-11-13)21(2)12-14-10-17(24)22-9-5-7-16(23)18(22)20-14/h4-11,15,23H,3,12H2,1-2H3. The van der Waals surface area contributed by atoms with Gasteiger partial charge in [0, 0.05) is 37.2 Å². The van der Waals surface area contributed by atoms with Crippen molar-refractivity contribution in [2.24, 2.45) is 0 Å². The van der Waals surface area contributed by atoms with Gasteiger partial charge in [0.15, 0.2) is 11.4 Å². The van der Waals surface area contributed by atoms with Crippen molar-refractivity contribution in [2.45, 2.75) is 25.9 Å². The second-order valence-electron chi connectivity index (χ2n) is 5.80. The van der Waals surface area contributed by atoms with Crippen LogP contribution in [0.15, 0.2) is 53.7 Å². The van der Waals surface area contributed by atoms with E-state index in [4.69, 9.17) is 0 Å². The zero-order valence-electron chi connectivity index (χ0n) is 13.8. The van der Waals surface area contributed by atoms with Gasteiger partial charge in [0.1, 0.15) is 0 Å². The Labute approximate surface area is 140 Å². The first-order chi connectivity index (χ1) is 11.6. The number of aromatic hydroxyl groups is 1. The Bertz CT molecular complexity index is 892. The van der Waals surface area contributed by atoms with Crippen molar-refractivity contribution in [1.82, 2.24) is 19.3 Å². The van der Waals surface area contributed by atoms with Gasteiger partial charge in [-0.2, -0.15) is 0 Å². The zero-order valence-corrected chi connectivity index (χ0v) is 13.8. The Hall–Kier alpha value is -2.73. The van der Waals surface area contributed by atoms with Crippen LogP contribution in [0.2, 0.25) is 0 Å². The van der Waals surface area contributed by atoms with Gasteiger partial charge in [-0.25, -0.2) is 4.98 Å². The lowest BCUT2D eigenvalue weighted by atomic mass is 10.1. The number of rotatable bonds is 5. The summed E-state index contributed by atoms with van der Waals surface area (Å²) < 4.78 is 1.34. The third-order valence-corrected chi connectivity index (χ3v) is 4.12. The molecule has 1 N–H and O–H groups in total. The Morgan fingerprint density at radius 3 is 2.88 bits per heavy atom. The summed E-state index contributed by atoms with van der Waals surface area (Å²) in [5, 5.41) is 9.94. The van der Waals surface area contributed by atoms with E-state index in [1.807, 2.05) is 25.4 Å². The van der Waals surface area contributed by atoms with E-state index in [1.54, 1.807) is 18.5 Å². The molecule has 0 aliphatic heterocycles. The molecule has 0 aliphatic carbocycles. The van der Waals surface area contributed by atoms with Crippen molar-refractivity contribution < 1.29 is 5.11 Å². The molecule has 3 heterocycles. The summed E-state index contributed by atoms with van der Waals surface area (Å²) in [6.45, 7) is 2.62. The lowest BCUT2D eigenvalue weighted by Crippen LogP contribution is -2.26. The summed E-state index contributed by atoms with van der Waals surface area (Å²) in [6.07, 6.45) is 6.13. The largest absolute Gasteiger partial charge is 0.504 e. The van der Waals surface area contributed by atoms with Crippen molar-refractivity contribution in [3.8, 4) is 5.75 Å². The van der Waals surface area contributed by atoms with E-state index in [1.165, 1.54) is 16.5 Å². The van der Waals surface area contributed by atoms with Crippen LogP contribution in [0, 0.1) is 0 Å². The number of hydrogen-bond acceptors (Lipinski definition) is 5. The highest BCUT2D eigenvalue weighted by Gasteiger charge is 2.17. The first kappa shape index (κ1) is 16.1. The fourth-order valence-electron chi connectivity index (χ4n) is 2.98. The predicted molar refractivity (Wildman–Crippen MR) is 91.9 cm³/mol. The third-order valence-electron chi connectivity index (χ3n) is 4.12. The van der Waals surface area contributed by atoms with Crippen LogP contribution < -0.4 is 5.56 Å². The van der Waals surface area contributed by atoms with E-state index in [-0.39, 0.29) is 23.0 Å². The van der Waals surface area contributed by atoms with Crippen LogP contribution >= 0.6 is 0 Å². The van der Waals surface area contributed by atoms with Crippen LogP contribution in [0.4, 0.5) is 0 Å². The molecule has 0 bridgehead atoms. The van der Waals surface area contributed by atoms with Gasteiger partial charge in [-0.3, -0.25) is 19.1 Å². The summed E-state index contributed by atoms with van der Waals surface area (Å²) >= 11 is 0. The minimum Gasteiger partial charge on any atom is -0.504 e. The highest BCUT2D eigenvalue weighted by Crippen LogP contribution is 2.23. The monoisotopic (exact) mass is 324 g/mol. The number of hydrogen-bond donors (Lipinski definition) is 1. The fraction of sp³-hybridized carbons (Fsp3) is 0.278. The maximum Gasteiger partial charge on any atom is 0.258 e. The molecule has 3 aromatic heterocycles. The molecule has 0 saturated heterocycles. The molecule has 3 rings (SSSR count). The summed E-state index contributed by atoms with van der Waals surface area (Å²) in [5.74, 6) is -0.00148. The Balaban J connectivity index is 1.91. The van der Waals surface area contributed by atoms with E-state index >= 15 is 0 Å². The predicted octanol–water partition coefficient (Wildman–Crippen LogP) is 2.38. The SMILES string of the molecule is CCC(c1cccnc1)N(C)Cc1cc(=O)n2cccc(O)c2n1. The zero-order chi connectivity index (χ0) is 17.1. The van der Waals surface area contributed by atoms with Gasteiger partial charge in [-0.05, 0) is 37.2 Å². The van der Waals surface area contributed by atoms with Crippen molar-refractivity contribution in [1.29, 1.82) is 0 Å². The van der Waals surface area contributed by atoms with Crippen molar-refractivity contribution in [2.75, 3.05) is 7.05 Å². The lowest BCUT2D eigenvalue weighted by molar-refractivity contribution is 0.227. The average molecular weight is 324 g/mol. The first-order valence-electron chi connectivity index (χ1n) is 7.90. The minimum absolute atomic E-state index is 0.00148. The van der Waals surface area contributed by atoms with Gasteiger partial charge in [0.05, 0.1) is 5.69 Å². The molecule has 0 aromatic carbocycles. The van der Waals surface area contributed by atoms with Gasteiger partial charge < -0.3 is 5.11 Å². The maximum atomic E-state index is 12.2. The van der Waals surface area contributed by atoms with E-state index in [2.05, 4.69) is 21.8 Å². The summed E-state index contributed by atoms with van der Waals surface area (Å²) in [6, 6.07) is 8.81. The molecule has 0 saturated carbocycles. The van der Waals surface area contributed by atoms with Gasteiger partial charge in [0.25, 0.3) is 5.56 Å². The normalized spacial score (nSPS) is 12.6. The molecule has 6 heteroatoms. The van der Waals surface area contributed by atoms with E-state index in [9.17, 15) is 9.90 Å². The lowest BCUT2D eigenvalue weighted by Gasteiger charge is -2.27. The highest BCUT2D eigenvalue weighted by molar-refractivity contribution is 5.52. The van der Waals surface area contributed by atoms with Gasteiger partial charge in [-0.15, -0.1) is 0 Å². The number of fused-ring (bicyclic) bond motifs is 1. The first-order valence-corrected chi connectivity index (χ1v) is 7.90. The summed E-state index contributed by atoms with van der Waals surface area (Å²) in [4.78, 5) is 23.0. The molecule has 1 atom stereocenters. The molecule has 3 aromatic rings. The highest BCUT2D eigenvalue weighted by atomic mass is 16.3. The summed E-state index contributed by atoms with van der Waals surface area (Å²) in [5.41, 5.74) is 1.84. The molecule has 1 unspecified atom stereocenters. The van der Waals surface area contributed by atoms with Gasteiger partial charge in [-0.1, -0.05) is 13.0 Å². The average Bonchev–Trinajstić information content (AvgIpc) is 2.57. The second-order valence-corrected chi connectivity index (χ2v) is 5.80.